The smallest absolute Gasteiger partial charge is 0.416 e. The van der Waals surface area contributed by atoms with Gasteiger partial charge in [0.1, 0.15) is 11.2 Å². The highest BCUT2D eigenvalue weighted by Gasteiger charge is 2.35. The average molecular weight is 493 g/mol. The number of alkyl carbamates (subject to hydrolysis) is 1. The number of hydrogen-bond acceptors (Lipinski definition) is 6. The zero-order valence-corrected chi connectivity index (χ0v) is 19.5. The summed E-state index contributed by atoms with van der Waals surface area (Å²) in [5.74, 6) is -1.23. The Labute approximate surface area is 200 Å². The molecule has 1 aromatic carbocycles. The quantitative estimate of drug-likeness (QED) is 0.562. The number of carbonyl (C=O) groups is 2. The monoisotopic (exact) mass is 492 g/mol. The van der Waals surface area contributed by atoms with E-state index >= 15 is 0 Å². The molecule has 188 valence electrons. The van der Waals surface area contributed by atoms with Gasteiger partial charge in [-0.05, 0) is 64.3 Å². The molecule has 3 rings (SSSR count). The lowest BCUT2D eigenvalue weighted by atomic mass is 9.82. The maximum Gasteiger partial charge on any atom is 0.416 e. The number of amides is 2. The van der Waals surface area contributed by atoms with Crippen LogP contribution in [-0.4, -0.2) is 33.4 Å². The summed E-state index contributed by atoms with van der Waals surface area (Å²) < 4.78 is 45.2. The molecule has 1 heterocycles. The van der Waals surface area contributed by atoms with Crippen LogP contribution < -0.4 is 16.4 Å². The van der Waals surface area contributed by atoms with Gasteiger partial charge in [-0.15, -0.1) is 0 Å². The summed E-state index contributed by atoms with van der Waals surface area (Å²) in [5.41, 5.74) is 4.35. The van der Waals surface area contributed by atoms with Gasteiger partial charge in [-0.3, -0.25) is 9.48 Å². The van der Waals surface area contributed by atoms with E-state index in [1.54, 1.807) is 20.8 Å². The van der Waals surface area contributed by atoms with Crippen molar-refractivity contribution in [3.05, 3.63) is 41.6 Å². The SMILES string of the molecule is CC(C)(C)OC(=O)N[C@H]1CC[C@@H](n2cc(C(N)=O)c(Nc3ccc(C(F)(F)F)cc3)n2)[C@H](C#N)C1. The lowest BCUT2D eigenvalue weighted by Crippen LogP contribution is -2.43. The zero-order chi connectivity index (χ0) is 26.0. The molecule has 1 saturated carbocycles. The first kappa shape index (κ1) is 25.9. The molecule has 1 aliphatic carbocycles. The molecule has 0 unspecified atom stereocenters. The number of halogens is 3. The zero-order valence-electron chi connectivity index (χ0n) is 19.5. The summed E-state index contributed by atoms with van der Waals surface area (Å²) in [6, 6.07) is 5.84. The Morgan fingerprint density at radius 2 is 1.86 bits per heavy atom. The molecule has 0 saturated heterocycles. The van der Waals surface area contributed by atoms with Gasteiger partial charge in [-0.2, -0.15) is 23.5 Å². The number of primary amides is 1. The maximum absolute atomic E-state index is 12.8. The first-order valence-electron chi connectivity index (χ1n) is 11.0. The molecular weight excluding hydrogens is 465 g/mol. The van der Waals surface area contributed by atoms with Crippen LogP contribution in [-0.2, 0) is 10.9 Å². The van der Waals surface area contributed by atoms with Gasteiger partial charge in [0.05, 0.1) is 23.6 Å². The fraction of sp³-hybridized carbons (Fsp3) is 0.478. The van der Waals surface area contributed by atoms with E-state index in [4.69, 9.17) is 10.5 Å². The third-order valence-electron chi connectivity index (χ3n) is 5.51. The second kappa shape index (κ2) is 9.85. The minimum Gasteiger partial charge on any atom is -0.444 e. The van der Waals surface area contributed by atoms with Crippen LogP contribution in [0, 0.1) is 17.2 Å². The second-order valence-electron chi connectivity index (χ2n) is 9.39. The number of nitrogens with one attached hydrogen (secondary N) is 2. The fourth-order valence-electron chi connectivity index (χ4n) is 3.93. The van der Waals surface area contributed by atoms with Crippen LogP contribution in [0.25, 0.3) is 0 Å². The summed E-state index contributed by atoms with van der Waals surface area (Å²) >= 11 is 0. The van der Waals surface area contributed by atoms with E-state index < -0.39 is 41.3 Å². The van der Waals surface area contributed by atoms with Gasteiger partial charge < -0.3 is 21.1 Å². The highest BCUT2D eigenvalue weighted by atomic mass is 19.4. The lowest BCUT2D eigenvalue weighted by Gasteiger charge is -2.33. The Bertz CT molecular complexity index is 1120. The Morgan fingerprint density at radius 1 is 1.20 bits per heavy atom. The minimum atomic E-state index is -4.47. The minimum absolute atomic E-state index is 0.0376. The summed E-state index contributed by atoms with van der Waals surface area (Å²) in [6.45, 7) is 5.27. The fourth-order valence-corrected chi connectivity index (χ4v) is 3.93. The Balaban J connectivity index is 1.75. The molecule has 2 aromatic rings. The highest BCUT2D eigenvalue weighted by Crippen LogP contribution is 2.35. The average Bonchev–Trinajstić information content (AvgIpc) is 3.15. The van der Waals surface area contributed by atoms with E-state index in [1.807, 2.05) is 0 Å². The topological polar surface area (TPSA) is 135 Å². The van der Waals surface area contributed by atoms with E-state index in [-0.39, 0.29) is 23.1 Å². The number of benzene rings is 1. The van der Waals surface area contributed by atoms with Gasteiger partial charge >= 0.3 is 12.3 Å². The van der Waals surface area contributed by atoms with Crippen molar-refractivity contribution < 1.29 is 27.5 Å². The molecule has 0 radical (unpaired) electrons. The first-order valence-corrected chi connectivity index (χ1v) is 11.0. The summed E-state index contributed by atoms with van der Waals surface area (Å²) in [7, 11) is 0. The van der Waals surface area contributed by atoms with Crippen LogP contribution in [0.5, 0.6) is 0 Å². The molecule has 1 aliphatic rings. The number of nitrogens with two attached hydrogens (primary N) is 1. The van der Waals surface area contributed by atoms with E-state index in [2.05, 4.69) is 21.8 Å². The summed E-state index contributed by atoms with van der Waals surface area (Å²) in [4.78, 5) is 24.1. The molecule has 0 aliphatic heterocycles. The molecule has 4 N–H and O–H groups in total. The van der Waals surface area contributed by atoms with Gasteiger partial charge in [-0.25, -0.2) is 4.79 Å². The number of aromatic nitrogens is 2. The Kier molecular flexibility index (Phi) is 7.28. The van der Waals surface area contributed by atoms with E-state index in [9.17, 15) is 28.0 Å². The predicted octanol–water partition coefficient (Wildman–Crippen LogP) is 4.50. The van der Waals surface area contributed by atoms with Crippen molar-refractivity contribution in [2.45, 2.75) is 63.9 Å². The van der Waals surface area contributed by atoms with Crippen molar-refractivity contribution in [3.63, 3.8) is 0 Å². The number of rotatable bonds is 5. The van der Waals surface area contributed by atoms with E-state index in [0.29, 0.717) is 19.3 Å². The van der Waals surface area contributed by atoms with Gasteiger partial charge in [-0.1, -0.05) is 0 Å². The van der Waals surface area contributed by atoms with Crippen molar-refractivity contribution in [1.82, 2.24) is 15.1 Å². The van der Waals surface area contributed by atoms with Crippen LogP contribution >= 0.6 is 0 Å². The Hall–Kier alpha value is -3.75. The molecule has 0 bridgehead atoms. The van der Waals surface area contributed by atoms with Crippen LogP contribution in [0.3, 0.4) is 0 Å². The highest BCUT2D eigenvalue weighted by molar-refractivity contribution is 5.98. The number of hydrogen-bond donors (Lipinski definition) is 3. The Morgan fingerprint density at radius 3 is 2.40 bits per heavy atom. The van der Waals surface area contributed by atoms with E-state index in [1.165, 1.54) is 23.0 Å². The van der Waals surface area contributed by atoms with Gasteiger partial charge in [0.2, 0.25) is 0 Å². The third kappa shape index (κ3) is 6.65. The van der Waals surface area contributed by atoms with Crippen molar-refractivity contribution in [1.29, 1.82) is 5.26 Å². The molecular formula is C23H27F3N6O3. The number of nitrogens with zero attached hydrogens (tertiary/aromatic N) is 3. The van der Waals surface area contributed by atoms with Crippen LogP contribution in [0.4, 0.5) is 29.5 Å². The van der Waals surface area contributed by atoms with Crippen molar-refractivity contribution in [2.24, 2.45) is 11.7 Å². The standard InChI is InChI=1S/C23H27F3N6O3/c1-22(2,3)35-21(34)30-16-8-9-18(13(10-16)11-27)32-12-17(19(28)33)20(31-32)29-15-6-4-14(5-7-15)23(24,25)26/h4-7,12-13,16,18H,8-10H2,1-3H3,(H2,28,33)(H,29,31)(H,30,34)/t13-,16-,18+/m0/s1. The molecule has 9 nitrogen and oxygen atoms in total. The number of carbonyl (C=O) groups excluding carboxylic acids is 2. The number of alkyl halides is 3. The van der Waals surface area contributed by atoms with Crippen LogP contribution in [0.1, 0.15) is 62.0 Å². The second-order valence-corrected chi connectivity index (χ2v) is 9.39. The van der Waals surface area contributed by atoms with Crippen molar-refractivity contribution in [2.75, 3.05) is 5.32 Å². The molecule has 0 spiro atoms. The molecule has 1 aromatic heterocycles. The molecule has 2 amide bonds. The van der Waals surface area contributed by atoms with Gasteiger partial charge in [0.15, 0.2) is 5.82 Å². The lowest BCUT2D eigenvalue weighted by molar-refractivity contribution is -0.137. The van der Waals surface area contributed by atoms with Gasteiger partial charge in [0.25, 0.3) is 5.91 Å². The molecule has 35 heavy (non-hydrogen) atoms. The van der Waals surface area contributed by atoms with Crippen molar-refractivity contribution in [3.8, 4) is 6.07 Å². The predicted molar refractivity (Wildman–Crippen MR) is 121 cm³/mol. The number of ether oxygens (including phenoxy) is 1. The van der Waals surface area contributed by atoms with Crippen LogP contribution in [0.2, 0.25) is 0 Å². The number of nitriles is 1. The summed E-state index contributed by atoms with van der Waals surface area (Å²) in [6.07, 6.45) is -2.22. The maximum atomic E-state index is 12.8. The molecule has 12 heteroatoms. The largest absolute Gasteiger partial charge is 0.444 e. The molecule has 1 fully saturated rings. The van der Waals surface area contributed by atoms with E-state index in [0.717, 1.165) is 12.1 Å². The normalized spacial score (nSPS) is 20.5. The van der Waals surface area contributed by atoms with Gasteiger partial charge in [0, 0.05) is 17.9 Å². The van der Waals surface area contributed by atoms with Crippen LogP contribution in [0.15, 0.2) is 30.5 Å². The molecule has 3 atom stereocenters. The number of anilines is 2. The summed E-state index contributed by atoms with van der Waals surface area (Å²) in [5, 5.41) is 19.7. The third-order valence-corrected chi connectivity index (χ3v) is 5.51. The first-order chi connectivity index (χ1) is 16.3. The van der Waals surface area contributed by atoms with Crippen molar-refractivity contribution >= 4 is 23.5 Å².